The van der Waals surface area contributed by atoms with Crippen LogP contribution >= 0.6 is 31.9 Å². The monoisotopic (exact) mass is 920 g/mol. The summed E-state index contributed by atoms with van der Waals surface area (Å²) in [6.07, 6.45) is 0. The van der Waals surface area contributed by atoms with Crippen LogP contribution in [0.2, 0.25) is 0 Å². The molecule has 0 aliphatic rings. The van der Waals surface area contributed by atoms with Crippen molar-refractivity contribution in [3.8, 4) is 40.1 Å². The van der Waals surface area contributed by atoms with Crippen molar-refractivity contribution in [2.75, 3.05) is 0 Å². The zero-order valence-electron chi connectivity index (χ0n) is 32.8. The van der Waals surface area contributed by atoms with Crippen molar-refractivity contribution in [2.24, 2.45) is 0 Å². The molecule has 0 aliphatic heterocycles. The largest absolute Gasteiger partial charge is 0.508 e. The van der Waals surface area contributed by atoms with E-state index < -0.39 is 0 Å². The lowest BCUT2D eigenvalue weighted by atomic mass is 10.2. The summed E-state index contributed by atoms with van der Waals surface area (Å²) in [6, 6.07) is 74.7. The molecule has 0 saturated heterocycles. The maximum absolute atomic E-state index is 8.63. The van der Waals surface area contributed by atoms with E-state index in [1.165, 1.54) is 32.6 Å². The van der Waals surface area contributed by atoms with Gasteiger partial charge in [0.25, 0.3) is 0 Å². The van der Waals surface area contributed by atoms with Gasteiger partial charge < -0.3 is 23.7 Å². The number of hydrogen-bond donors (Lipinski definition) is 1. The lowest BCUT2D eigenvalue weighted by molar-refractivity contribution is 0.460. The fourth-order valence-electron chi connectivity index (χ4n) is 7.55. The van der Waals surface area contributed by atoms with Crippen LogP contribution in [0.1, 0.15) is 0 Å². The van der Waals surface area contributed by atoms with E-state index >= 15 is 0 Å². The lowest BCUT2D eigenvalue weighted by Gasteiger charge is -2.14. The van der Waals surface area contributed by atoms with E-state index in [1.807, 2.05) is 72.8 Å². The Hall–Kier alpha value is -7.06. The average molecular weight is 923 g/mol. The predicted octanol–water partition coefficient (Wildman–Crippen LogP) is 16.1. The first-order valence-electron chi connectivity index (χ1n) is 19.8. The highest BCUT2D eigenvalue weighted by Crippen LogP contribution is 2.37. The number of hydrogen-bond acceptors (Lipinski definition) is 3. The fraction of sp³-hybridized carbons (Fsp3) is 0. The van der Waals surface area contributed by atoms with Crippen molar-refractivity contribution in [3.05, 3.63) is 233 Å². The quantitative estimate of drug-likeness (QED) is 0.181. The molecule has 0 bridgehead atoms. The highest BCUT2D eigenvalue weighted by atomic mass is 79.9. The van der Waals surface area contributed by atoms with E-state index in [0.29, 0.717) is 17.2 Å². The van der Waals surface area contributed by atoms with Crippen molar-refractivity contribution in [2.45, 2.75) is 0 Å². The molecule has 1 N–H and O–H groups in total. The SMILES string of the molecule is Brc1cc(Br)cc(-n2c3ccccc3c3ccccc32)c1.Oc1ccccc1.c1ccc(Oc2cc(Oc3ccccc3)cc(-n3c4ccccc4c4ccccc43)c2)cc1. The molecule has 0 unspecified atom stereocenters. The van der Waals surface area contributed by atoms with Gasteiger partial charge >= 0.3 is 0 Å². The third kappa shape index (κ3) is 8.80. The van der Waals surface area contributed by atoms with Crippen LogP contribution in [0.25, 0.3) is 55.0 Å². The maximum atomic E-state index is 8.63. The number of aromatic nitrogens is 2. The van der Waals surface area contributed by atoms with Crippen LogP contribution in [0.4, 0.5) is 0 Å². The van der Waals surface area contributed by atoms with Gasteiger partial charge in [-0.3, -0.25) is 0 Å². The molecule has 0 saturated carbocycles. The number of nitrogens with zero attached hydrogens (tertiary/aromatic N) is 2. The molecule has 2 heterocycles. The van der Waals surface area contributed by atoms with E-state index in [9.17, 15) is 0 Å². The first-order valence-corrected chi connectivity index (χ1v) is 21.4. The molecule has 296 valence electrons. The Morgan fingerprint density at radius 2 is 0.623 bits per heavy atom. The summed E-state index contributed by atoms with van der Waals surface area (Å²) in [6.45, 7) is 0. The van der Waals surface area contributed by atoms with Crippen LogP contribution in [-0.2, 0) is 0 Å². The summed E-state index contributed by atoms with van der Waals surface area (Å²) in [5.41, 5.74) is 6.86. The predicted molar refractivity (Wildman–Crippen MR) is 258 cm³/mol. The molecule has 9 aromatic carbocycles. The Bertz CT molecular complexity index is 3050. The molecule has 0 amide bonds. The third-order valence-electron chi connectivity index (χ3n) is 10.1. The van der Waals surface area contributed by atoms with Crippen LogP contribution in [0.5, 0.6) is 28.7 Å². The summed E-state index contributed by atoms with van der Waals surface area (Å²) < 4.78 is 19.1. The molecule has 61 heavy (non-hydrogen) atoms. The molecule has 11 aromatic rings. The first-order chi connectivity index (χ1) is 30.0. The summed E-state index contributed by atoms with van der Waals surface area (Å²) >= 11 is 7.17. The second-order valence-corrected chi connectivity index (χ2v) is 16.0. The number of phenols is 1. The number of rotatable bonds is 6. The summed E-state index contributed by atoms with van der Waals surface area (Å²) in [4.78, 5) is 0. The number of ether oxygens (including phenoxy) is 2. The van der Waals surface area contributed by atoms with E-state index in [2.05, 4.69) is 168 Å². The molecule has 0 spiro atoms. The molecule has 2 aromatic heterocycles. The van der Waals surface area contributed by atoms with Gasteiger partial charge in [0.2, 0.25) is 0 Å². The topological polar surface area (TPSA) is 48.6 Å². The standard InChI is InChI=1S/C30H21NO2.C18H11Br2N.C6H6O/c1-3-11-23(12-4-1)32-25-19-22(20-26(21-25)33-24-13-5-2-6-14-24)31-29-17-9-7-15-27(29)28-16-8-10-18-30(28)31;19-12-9-13(20)11-14(10-12)21-17-7-3-1-5-15(17)16-6-2-4-8-18(16)21;7-6-4-2-1-3-5-6/h1-21H;1-11H;1-5,7H. The molecule has 5 nitrogen and oxygen atoms in total. The first kappa shape index (κ1) is 39.4. The van der Waals surface area contributed by atoms with Crippen molar-refractivity contribution in [1.82, 2.24) is 9.13 Å². The molecule has 0 atom stereocenters. The van der Waals surface area contributed by atoms with Gasteiger partial charge in [-0.2, -0.15) is 0 Å². The fourth-order valence-corrected chi connectivity index (χ4v) is 8.82. The number of fused-ring (bicyclic) bond motifs is 6. The molecule has 0 radical (unpaired) electrons. The number of para-hydroxylation sites is 7. The number of benzene rings is 9. The van der Waals surface area contributed by atoms with Crippen molar-refractivity contribution in [3.63, 3.8) is 0 Å². The second kappa shape index (κ2) is 18.1. The Morgan fingerprint density at radius 1 is 0.311 bits per heavy atom. The average Bonchev–Trinajstić information content (AvgIpc) is 3.81. The molecular weight excluding hydrogens is 884 g/mol. The van der Waals surface area contributed by atoms with Crippen LogP contribution in [0.15, 0.2) is 233 Å². The van der Waals surface area contributed by atoms with Crippen molar-refractivity contribution in [1.29, 1.82) is 0 Å². The van der Waals surface area contributed by atoms with Gasteiger partial charge in [0.05, 0.1) is 27.8 Å². The summed E-state index contributed by atoms with van der Waals surface area (Å²) in [7, 11) is 0. The van der Waals surface area contributed by atoms with E-state index in [1.54, 1.807) is 24.3 Å². The van der Waals surface area contributed by atoms with Gasteiger partial charge in [-0.05, 0) is 78.9 Å². The van der Waals surface area contributed by atoms with Gasteiger partial charge in [-0.1, -0.05) is 159 Å². The molecular formula is C54H38Br2N2O3. The van der Waals surface area contributed by atoms with Crippen LogP contribution in [0.3, 0.4) is 0 Å². The molecule has 0 fully saturated rings. The number of halogens is 2. The van der Waals surface area contributed by atoms with Crippen LogP contribution < -0.4 is 9.47 Å². The van der Waals surface area contributed by atoms with Gasteiger partial charge in [0, 0.05) is 54.4 Å². The summed E-state index contributed by atoms with van der Waals surface area (Å²) in [5, 5.41) is 13.6. The molecule has 0 aliphatic carbocycles. The van der Waals surface area contributed by atoms with Crippen LogP contribution in [-0.4, -0.2) is 14.2 Å². The van der Waals surface area contributed by atoms with Gasteiger partial charge in [0.1, 0.15) is 28.7 Å². The number of aromatic hydroxyl groups is 1. The smallest absolute Gasteiger partial charge is 0.133 e. The van der Waals surface area contributed by atoms with E-state index in [-0.39, 0.29) is 0 Å². The highest BCUT2D eigenvalue weighted by molar-refractivity contribution is 9.11. The normalized spacial score (nSPS) is 10.9. The Kier molecular flexibility index (Phi) is 11.7. The van der Waals surface area contributed by atoms with Crippen molar-refractivity contribution >= 4 is 75.5 Å². The number of phenolic OH excluding ortho intramolecular Hbond substituents is 1. The van der Waals surface area contributed by atoms with Gasteiger partial charge in [0.15, 0.2) is 0 Å². The van der Waals surface area contributed by atoms with Gasteiger partial charge in [-0.25, -0.2) is 0 Å². The third-order valence-corrected chi connectivity index (χ3v) is 11.0. The Morgan fingerprint density at radius 3 is 0.967 bits per heavy atom. The minimum Gasteiger partial charge on any atom is -0.508 e. The van der Waals surface area contributed by atoms with Gasteiger partial charge in [-0.15, -0.1) is 0 Å². The Labute approximate surface area is 370 Å². The molecule has 11 rings (SSSR count). The minimum absolute atomic E-state index is 0.322. The van der Waals surface area contributed by atoms with Crippen molar-refractivity contribution < 1.29 is 14.6 Å². The van der Waals surface area contributed by atoms with E-state index in [0.717, 1.165) is 42.9 Å². The van der Waals surface area contributed by atoms with Crippen LogP contribution in [0, 0.1) is 0 Å². The molecule has 7 heteroatoms. The maximum Gasteiger partial charge on any atom is 0.133 e. The highest BCUT2D eigenvalue weighted by Gasteiger charge is 2.15. The lowest BCUT2D eigenvalue weighted by Crippen LogP contribution is -1.96. The Balaban J connectivity index is 0.000000144. The second-order valence-electron chi connectivity index (χ2n) is 14.2. The van der Waals surface area contributed by atoms with E-state index in [4.69, 9.17) is 14.6 Å². The zero-order chi connectivity index (χ0) is 41.5. The summed E-state index contributed by atoms with van der Waals surface area (Å²) in [5.74, 6) is 3.31. The minimum atomic E-state index is 0.322. The zero-order valence-corrected chi connectivity index (χ0v) is 35.9.